The van der Waals surface area contributed by atoms with E-state index in [2.05, 4.69) is 0 Å². The van der Waals surface area contributed by atoms with Crippen molar-refractivity contribution in [1.82, 2.24) is 14.0 Å². The van der Waals surface area contributed by atoms with Gasteiger partial charge in [-0.25, -0.2) is 26.7 Å². The van der Waals surface area contributed by atoms with E-state index in [1.807, 2.05) is 0 Å². The van der Waals surface area contributed by atoms with Crippen LogP contribution < -0.4 is 25.5 Å². The molecule has 1 amide bonds. The molecule has 1 saturated heterocycles. The molecule has 1 fully saturated rings. The monoisotopic (exact) mass is 647 g/mol. The number of carbonyl (C=O) groups excluding carboxylic acids is 1. The Kier molecular flexibility index (Phi) is 9.93. The van der Waals surface area contributed by atoms with Crippen LogP contribution in [0.25, 0.3) is 10.9 Å². The van der Waals surface area contributed by atoms with Crippen molar-refractivity contribution >= 4 is 17.3 Å². The van der Waals surface area contributed by atoms with Gasteiger partial charge < -0.3 is 19.1 Å². The normalized spacial score (nSPS) is 13.8. The molecule has 3 aromatic carbocycles. The maximum Gasteiger partial charge on any atom is 0.332 e. The van der Waals surface area contributed by atoms with Gasteiger partial charge in [0.25, 0.3) is 5.56 Å². The highest BCUT2D eigenvalue weighted by Gasteiger charge is 2.26. The SMILES string of the molecule is COc1cc(Cn2c(=O)c3cc(OC(CF)CF)c(F)cc3n(C3CCN(C=O)CC3)c2=O)ccc1OCc1ccc(F)c(F)c1. The van der Waals surface area contributed by atoms with E-state index in [0.717, 1.165) is 28.8 Å². The van der Waals surface area contributed by atoms with E-state index < -0.39 is 59.9 Å². The molecular weight excluding hydrogens is 617 g/mol. The Labute approximate surface area is 259 Å². The van der Waals surface area contributed by atoms with Crippen LogP contribution in [0.2, 0.25) is 0 Å². The third kappa shape index (κ3) is 6.70. The molecule has 46 heavy (non-hydrogen) atoms. The predicted octanol–water partition coefficient (Wildman–Crippen LogP) is 4.70. The third-order valence-electron chi connectivity index (χ3n) is 7.82. The van der Waals surface area contributed by atoms with Crippen LogP contribution in [0.3, 0.4) is 0 Å². The van der Waals surface area contributed by atoms with Gasteiger partial charge in [0.2, 0.25) is 6.41 Å². The molecule has 1 aliphatic heterocycles. The number of methoxy groups -OCH3 is 1. The summed E-state index contributed by atoms with van der Waals surface area (Å²) in [7, 11) is 1.38. The lowest BCUT2D eigenvalue weighted by Gasteiger charge is -2.31. The third-order valence-corrected chi connectivity index (χ3v) is 7.82. The van der Waals surface area contributed by atoms with E-state index in [9.17, 15) is 31.9 Å². The van der Waals surface area contributed by atoms with Crippen molar-refractivity contribution in [2.24, 2.45) is 0 Å². The average molecular weight is 648 g/mol. The number of aromatic nitrogens is 2. The molecule has 0 N–H and O–H groups in total. The summed E-state index contributed by atoms with van der Waals surface area (Å²) in [5, 5.41) is -0.108. The fourth-order valence-electron chi connectivity index (χ4n) is 5.40. The average Bonchev–Trinajstić information content (AvgIpc) is 3.07. The number of alkyl halides is 2. The summed E-state index contributed by atoms with van der Waals surface area (Å²) in [5.74, 6) is -3.06. The van der Waals surface area contributed by atoms with Gasteiger partial charge in [0.15, 0.2) is 40.8 Å². The quantitative estimate of drug-likeness (QED) is 0.164. The molecule has 9 nitrogen and oxygen atoms in total. The van der Waals surface area contributed by atoms with Crippen LogP contribution in [0, 0.1) is 17.5 Å². The van der Waals surface area contributed by atoms with Crippen LogP contribution in [-0.2, 0) is 17.9 Å². The minimum absolute atomic E-state index is 0.0174. The van der Waals surface area contributed by atoms with Crippen molar-refractivity contribution in [3.63, 3.8) is 0 Å². The zero-order valence-electron chi connectivity index (χ0n) is 24.7. The summed E-state index contributed by atoms with van der Waals surface area (Å²) in [6.45, 7) is -2.13. The Hall–Kier alpha value is -4.88. The molecule has 14 heteroatoms. The lowest BCUT2D eigenvalue weighted by molar-refractivity contribution is -0.119. The molecule has 0 atom stereocenters. The molecular formula is C32H30F5N3O6. The first-order valence-corrected chi connectivity index (χ1v) is 14.4. The van der Waals surface area contributed by atoms with Gasteiger partial charge in [-0.3, -0.25) is 18.7 Å². The summed E-state index contributed by atoms with van der Waals surface area (Å²) in [6, 6.07) is 9.50. The molecule has 0 spiro atoms. The molecule has 0 aliphatic carbocycles. The van der Waals surface area contributed by atoms with Crippen molar-refractivity contribution in [3.05, 3.63) is 97.9 Å². The Morgan fingerprint density at radius 2 is 1.59 bits per heavy atom. The number of likely N-dealkylation sites (tertiary alicyclic amines) is 1. The second-order valence-electron chi connectivity index (χ2n) is 10.8. The van der Waals surface area contributed by atoms with Gasteiger partial charge in [-0.15, -0.1) is 0 Å². The minimum atomic E-state index is -1.58. The van der Waals surface area contributed by atoms with Gasteiger partial charge in [0, 0.05) is 25.2 Å². The number of hydrogen-bond donors (Lipinski definition) is 0. The van der Waals surface area contributed by atoms with E-state index in [-0.39, 0.29) is 35.6 Å². The molecule has 4 aromatic rings. The Morgan fingerprint density at radius 1 is 0.870 bits per heavy atom. The summed E-state index contributed by atoms with van der Waals surface area (Å²) in [4.78, 5) is 40.5. The molecule has 5 rings (SSSR count). The molecule has 1 aliphatic rings. The zero-order valence-corrected chi connectivity index (χ0v) is 24.7. The summed E-state index contributed by atoms with van der Waals surface area (Å²) >= 11 is 0. The van der Waals surface area contributed by atoms with Gasteiger partial charge in [0.05, 0.1) is 24.6 Å². The van der Waals surface area contributed by atoms with Crippen molar-refractivity contribution in [1.29, 1.82) is 0 Å². The topological polar surface area (TPSA) is 92.0 Å². The Balaban J connectivity index is 1.54. The van der Waals surface area contributed by atoms with Gasteiger partial charge in [-0.1, -0.05) is 12.1 Å². The lowest BCUT2D eigenvalue weighted by Crippen LogP contribution is -2.44. The van der Waals surface area contributed by atoms with Crippen molar-refractivity contribution < 1.29 is 41.0 Å². The fraction of sp³-hybridized carbons (Fsp3) is 0.344. The number of hydrogen-bond acceptors (Lipinski definition) is 6. The van der Waals surface area contributed by atoms with E-state index >= 15 is 4.39 Å². The van der Waals surface area contributed by atoms with E-state index in [1.54, 1.807) is 11.0 Å². The van der Waals surface area contributed by atoms with Gasteiger partial charge in [-0.2, -0.15) is 0 Å². The van der Waals surface area contributed by atoms with E-state index in [0.29, 0.717) is 43.5 Å². The smallest absolute Gasteiger partial charge is 0.332 e. The van der Waals surface area contributed by atoms with E-state index in [4.69, 9.17) is 14.2 Å². The van der Waals surface area contributed by atoms with Crippen molar-refractivity contribution in [3.8, 4) is 17.2 Å². The minimum Gasteiger partial charge on any atom is -0.493 e. The first kappa shape index (κ1) is 32.5. The first-order valence-electron chi connectivity index (χ1n) is 14.4. The van der Waals surface area contributed by atoms with Crippen molar-refractivity contribution in [2.75, 3.05) is 33.5 Å². The maximum absolute atomic E-state index is 15.1. The standard InChI is InChI=1S/C32H30F5N3O6/c1-44-30-11-19(3-5-28(30)45-17-20-2-4-24(35)25(36)10-20)16-39-31(42)23-12-29(46-22(14-33)15-34)26(37)13-27(23)40(32(39)43)21-6-8-38(18-41)9-7-21/h2-5,10-13,18,21-22H,6-9,14-17H2,1H3. The largest absolute Gasteiger partial charge is 0.493 e. The van der Waals surface area contributed by atoms with Crippen molar-refractivity contribution in [2.45, 2.75) is 38.1 Å². The zero-order chi connectivity index (χ0) is 33.0. The van der Waals surface area contributed by atoms with Gasteiger partial charge >= 0.3 is 5.69 Å². The van der Waals surface area contributed by atoms with Crippen LogP contribution >= 0.6 is 0 Å². The highest BCUT2D eigenvalue weighted by molar-refractivity contribution is 5.80. The molecule has 1 aromatic heterocycles. The number of ether oxygens (including phenoxy) is 3. The summed E-state index contributed by atoms with van der Waals surface area (Å²) in [6.07, 6.45) is -0.167. The van der Waals surface area contributed by atoms with Gasteiger partial charge in [-0.05, 0) is 54.3 Å². The lowest BCUT2D eigenvalue weighted by atomic mass is 10.0. The molecule has 0 bridgehead atoms. The Morgan fingerprint density at radius 3 is 2.24 bits per heavy atom. The van der Waals surface area contributed by atoms with E-state index in [1.165, 1.54) is 29.9 Å². The molecule has 0 radical (unpaired) electrons. The second kappa shape index (κ2) is 14.0. The number of fused-ring (bicyclic) bond motifs is 1. The highest BCUT2D eigenvalue weighted by Crippen LogP contribution is 2.31. The number of amides is 1. The number of halogens is 5. The number of nitrogens with zero attached hydrogens (tertiary/aromatic N) is 3. The number of rotatable bonds is 12. The molecule has 244 valence electrons. The summed E-state index contributed by atoms with van der Waals surface area (Å²) in [5.41, 5.74) is -0.710. The fourth-order valence-corrected chi connectivity index (χ4v) is 5.40. The Bertz CT molecular complexity index is 1850. The number of carbonyl (C=O) groups is 1. The van der Waals surface area contributed by atoms with Crippen LogP contribution in [0.4, 0.5) is 22.0 Å². The molecule has 2 heterocycles. The number of benzene rings is 3. The first-order chi connectivity index (χ1) is 22.2. The number of piperidine rings is 1. The van der Waals surface area contributed by atoms with Crippen LogP contribution in [0.5, 0.6) is 17.2 Å². The molecule has 0 saturated carbocycles. The second-order valence-corrected chi connectivity index (χ2v) is 10.8. The van der Waals surface area contributed by atoms with Gasteiger partial charge in [0.1, 0.15) is 20.0 Å². The predicted molar refractivity (Wildman–Crippen MR) is 157 cm³/mol. The maximum atomic E-state index is 15.1. The highest BCUT2D eigenvalue weighted by atomic mass is 19.2. The summed E-state index contributed by atoms with van der Waals surface area (Å²) < 4.78 is 86.9. The van der Waals surface area contributed by atoms with Crippen LogP contribution in [0.1, 0.15) is 30.0 Å². The molecule has 0 unspecified atom stereocenters. The van der Waals surface area contributed by atoms with Crippen LogP contribution in [-0.4, -0.2) is 60.1 Å². The van der Waals surface area contributed by atoms with Crippen LogP contribution in [0.15, 0.2) is 58.1 Å².